The molecule has 1 aromatic rings. The number of thioether (sulfide) groups is 1. The van der Waals surface area contributed by atoms with Crippen LogP contribution in [-0.2, 0) is 11.2 Å². The van der Waals surface area contributed by atoms with Crippen molar-refractivity contribution in [2.45, 2.75) is 31.7 Å². The lowest BCUT2D eigenvalue weighted by atomic mass is 10.2. The highest BCUT2D eigenvalue weighted by molar-refractivity contribution is 7.99. The Morgan fingerprint density at radius 1 is 1.53 bits per heavy atom. The van der Waals surface area contributed by atoms with Crippen molar-refractivity contribution in [1.82, 2.24) is 9.97 Å². The van der Waals surface area contributed by atoms with Gasteiger partial charge in [0.2, 0.25) is 0 Å². The highest BCUT2D eigenvalue weighted by Crippen LogP contribution is 2.27. The summed E-state index contributed by atoms with van der Waals surface area (Å²) in [4.78, 5) is 19.9. The normalized spacial score (nSPS) is 18.7. The van der Waals surface area contributed by atoms with E-state index in [0.29, 0.717) is 28.9 Å². The van der Waals surface area contributed by atoms with Crippen LogP contribution in [0, 0.1) is 12.8 Å². The van der Waals surface area contributed by atoms with E-state index in [2.05, 4.69) is 9.97 Å². The Morgan fingerprint density at radius 2 is 2.32 bits per heavy atom. The highest BCUT2D eigenvalue weighted by atomic mass is 32.2. The lowest BCUT2D eigenvalue weighted by Gasteiger charge is -2.11. The number of aromatic nitrogens is 2. The van der Waals surface area contributed by atoms with Gasteiger partial charge in [-0.3, -0.25) is 0 Å². The third-order valence-corrected chi connectivity index (χ3v) is 4.32. The largest absolute Gasteiger partial charge is 0.478 e. The first-order chi connectivity index (χ1) is 9.11. The van der Waals surface area contributed by atoms with Gasteiger partial charge in [-0.1, -0.05) is 6.92 Å². The number of aryl methyl sites for hydroxylation is 2. The molecule has 1 N–H and O–H groups in total. The fourth-order valence-electron chi connectivity index (χ4n) is 2.02. The van der Waals surface area contributed by atoms with Gasteiger partial charge < -0.3 is 9.84 Å². The SMILES string of the molecule is CCc1nc(C)c(C(=O)O)c(SCC2CCOC2)n1. The van der Waals surface area contributed by atoms with Crippen molar-refractivity contribution < 1.29 is 14.6 Å². The lowest BCUT2D eigenvalue weighted by molar-refractivity contribution is 0.0690. The Balaban J connectivity index is 2.20. The zero-order valence-electron chi connectivity index (χ0n) is 11.2. The summed E-state index contributed by atoms with van der Waals surface area (Å²) in [5, 5.41) is 9.87. The summed E-state index contributed by atoms with van der Waals surface area (Å²) in [6.07, 6.45) is 1.75. The van der Waals surface area contributed by atoms with E-state index in [-0.39, 0.29) is 5.56 Å². The molecule has 0 amide bonds. The molecule has 0 bridgehead atoms. The number of hydrogen-bond acceptors (Lipinski definition) is 5. The van der Waals surface area contributed by atoms with Crippen LogP contribution < -0.4 is 0 Å². The van der Waals surface area contributed by atoms with Gasteiger partial charge in [0.25, 0.3) is 0 Å². The van der Waals surface area contributed by atoms with Crippen LogP contribution in [-0.4, -0.2) is 40.0 Å². The number of rotatable bonds is 5. The molecule has 1 fully saturated rings. The number of aromatic carboxylic acids is 1. The van der Waals surface area contributed by atoms with Gasteiger partial charge in [-0.25, -0.2) is 14.8 Å². The number of carbonyl (C=O) groups is 1. The van der Waals surface area contributed by atoms with E-state index in [1.165, 1.54) is 11.8 Å². The molecule has 104 valence electrons. The number of nitrogens with zero attached hydrogens (tertiary/aromatic N) is 2. The van der Waals surface area contributed by atoms with Crippen LogP contribution in [0.3, 0.4) is 0 Å². The maximum Gasteiger partial charge on any atom is 0.340 e. The third kappa shape index (κ3) is 3.45. The van der Waals surface area contributed by atoms with E-state index >= 15 is 0 Å². The standard InChI is InChI=1S/C13H18N2O3S/c1-3-10-14-8(2)11(13(16)17)12(15-10)19-7-9-4-5-18-6-9/h9H,3-7H2,1-2H3,(H,16,17). The molecule has 1 atom stereocenters. The first kappa shape index (κ1) is 14.3. The molecule has 1 saturated heterocycles. The Kier molecular flexibility index (Phi) is 4.76. The monoisotopic (exact) mass is 282 g/mol. The minimum absolute atomic E-state index is 0.237. The van der Waals surface area contributed by atoms with Crippen molar-refractivity contribution in [1.29, 1.82) is 0 Å². The molecule has 0 aliphatic carbocycles. The Morgan fingerprint density at radius 3 is 2.89 bits per heavy atom. The maximum absolute atomic E-state index is 11.3. The van der Waals surface area contributed by atoms with Crippen LogP contribution in [0.5, 0.6) is 0 Å². The van der Waals surface area contributed by atoms with Gasteiger partial charge in [0, 0.05) is 18.8 Å². The maximum atomic E-state index is 11.3. The van der Waals surface area contributed by atoms with Crippen molar-refractivity contribution in [3.63, 3.8) is 0 Å². The van der Waals surface area contributed by atoms with Crippen LogP contribution in [0.15, 0.2) is 5.03 Å². The van der Waals surface area contributed by atoms with Crippen molar-refractivity contribution in [3.8, 4) is 0 Å². The second-order valence-electron chi connectivity index (χ2n) is 4.60. The molecule has 0 aromatic carbocycles. The number of carboxylic acid groups (broad SMARTS) is 1. The van der Waals surface area contributed by atoms with Crippen molar-refractivity contribution in [2.75, 3.05) is 19.0 Å². The van der Waals surface area contributed by atoms with E-state index in [4.69, 9.17) is 4.74 Å². The fraction of sp³-hybridized carbons (Fsp3) is 0.615. The van der Waals surface area contributed by atoms with E-state index in [0.717, 1.165) is 25.4 Å². The van der Waals surface area contributed by atoms with Crippen LogP contribution in [0.2, 0.25) is 0 Å². The second-order valence-corrected chi connectivity index (χ2v) is 5.61. The lowest BCUT2D eigenvalue weighted by Crippen LogP contribution is -2.11. The molecular weight excluding hydrogens is 264 g/mol. The average molecular weight is 282 g/mol. The van der Waals surface area contributed by atoms with Gasteiger partial charge in [-0.2, -0.15) is 0 Å². The summed E-state index contributed by atoms with van der Waals surface area (Å²) < 4.78 is 5.33. The number of carboxylic acids is 1. The molecular formula is C13H18N2O3S. The summed E-state index contributed by atoms with van der Waals surface area (Å²) in [5.74, 6) is 1.09. The first-order valence-corrected chi connectivity index (χ1v) is 7.41. The Hall–Kier alpha value is -1.14. The molecule has 1 aliphatic rings. The van der Waals surface area contributed by atoms with E-state index in [9.17, 15) is 9.90 Å². The summed E-state index contributed by atoms with van der Waals surface area (Å²) in [5.41, 5.74) is 0.783. The molecule has 5 nitrogen and oxygen atoms in total. The molecule has 2 heterocycles. The predicted octanol–water partition coefficient (Wildman–Crippen LogP) is 2.17. The van der Waals surface area contributed by atoms with Gasteiger partial charge in [-0.15, -0.1) is 11.8 Å². The smallest absolute Gasteiger partial charge is 0.340 e. The molecule has 0 radical (unpaired) electrons. The van der Waals surface area contributed by atoms with E-state index < -0.39 is 5.97 Å². The zero-order valence-corrected chi connectivity index (χ0v) is 12.0. The molecule has 2 rings (SSSR count). The first-order valence-electron chi connectivity index (χ1n) is 6.43. The van der Waals surface area contributed by atoms with Gasteiger partial charge >= 0.3 is 5.97 Å². The van der Waals surface area contributed by atoms with Crippen LogP contribution >= 0.6 is 11.8 Å². The summed E-state index contributed by atoms with van der Waals surface area (Å²) in [6, 6.07) is 0. The van der Waals surface area contributed by atoms with Gasteiger partial charge in [-0.05, 0) is 19.3 Å². The Labute approximate surface area is 116 Å². The molecule has 19 heavy (non-hydrogen) atoms. The van der Waals surface area contributed by atoms with Gasteiger partial charge in [0.15, 0.2) is 0 Å². The molecule has 6 heteroatoms. The van der Waals surface area contributed by atoms with Crippen molar-refractivity contribution in [2.24, 2.45) is 5.92 Å². The minimum atomic E-state index is -0.953. The average Bonchev–Trinajstić information content (AvgIpc) is 2.88. The van der Waals surface area contributed by atoms with Crippen LogP contribution in [0.1, 0.15) is 35.2 Å². The number of ether oxygens (including phenoxy) is 1. The topological polar surface area (TPSA) is 72.3 Å². The molecule has 1 aliphatic heterocycles. The second kappa shape index (κ2) is 6.34. The zero-order chi connectivity index (χ0) is 13.8. The van der Waals surface area contributed by atoms with Crippen molar-refractivity contribution in [3.05, 3.63) is 17.1 Å². The quantitative estimate of drug-likeness (QED) is 0.659. The number of hydrogen-bond donors (Lipinski definition) is 1. The summed E-state index contributed by atoms with van der Waals surface area (Å²) >= 11 is 1.50. The fourth-order valence-corrected chi connectivity index (χ4v) is 3.23. The molecule has 0 spiro atoms. The Bertz CT molecular complexity index is 473. The van der Waals surface area contributed by atoms with Crippen LogP contribution in [0.25, 0.3) is 0 Å². The van der Waals surface area contributed by atoms with Gasteiger partial charge in [0.1, 0.15) is 16.4 Å². The molecule has 0 saturated carbocycles. The highest BCUT2D eigenvalue weighted by Gasteiger charge is 2.21. The van der Waals surface area contributed by atoms with E-state index in [1.807, 2.05) is 6.92 Å². The predicted molar refractivity (Wildman–Crippen MR) is 72.8 cm³/mol. The minimum Gasteiger partial charge on any atom is -0.478 e. The van der Waals surface area contributed by atoms with Crippen LogP contribution in [0.4, 0.5) is 0 Å². The molecule has 1 aromatic heterocycles. The summed E-state index contributed by atoms with van der Waals surface area (Å²) in [6.45, 7) is 5.27. The third-order valence-electron chi connectivity index (χ3n) is 3.11. The van der Waals surface area contributed by atoms with E-state index in [1.54, 1.807) is 6.92 Å². The molecule has 1 unspecified atom stereocenters. The van der Waals surface area contributed by atoms with Gasteiger partial charge in [0.05, 0.1) is 12.3 Å². The summed E-state index contributed by atoms with van der Waals surface area (Å²) in [7, 11) is 0. The van der Waals surface area contributed by atoms with Crippen molar-refractivity contribution >= 4 is 17.7 Å².